The monoisotopic (exact) mass is 648 g/mol. The first-order valence-electron chi connectivity index (χ1n) is 14.9. The number of fused-ring (bicyclic) bond motifs is 1. The number of piperidine rings is 1. The van der Waals surface area contributed by atoms with E-state index in [4.69, 9.17) is 9.47 Å². The second-order valence-corrected chi connectivity index (χ2v) is 12.2. The van der Waals surface area contributed by atoms with Crippen molar-refractivity contribution < 1.29 is 41.4 Å². The molecule has 1 saturated carbocycles. The topological polar surface area (TPSA) is 127 Å². The molecule has 2 aromatic heterocycles. The molecule has 2 amide bonds. The van der Waals surface area contributed by atoms with Gasteiger partial charge in [0.25, 0.3) is 5.92 Å². The van der Waals surface area contributed by atoms with Gasteiger partial charge in [0.15, 0.2) is 11.1 Å². The molecule has 0 spiro atoms. The maximum Gasteiger partial charge on any atom is 0.408 e. The number of ether oxygens (including phenoxy) is 2. The Hall–Kier alpha value is -4.43. The number of rotatable bonds is 9. The minimum absolute atomic E-state index is 0.00102. The fourth-order valence-corrected chi connectivity index (χ4v) is 6.18. The summed E-state index contributed by atoms with van der Waals surface area (Å²) in [5.41, 5.74) is -0.307. The van der Waals surface area contributed by atoms with Gasteiger partial charge in [0.2, 0.25) is 11.8 Å². The Morgan fingerprint density at radius 1 is 1.13 bits per heavy atom. The van der Waals surface area contributed by atoms with Crippen molar-refractivity contribution in [1.29, 1.82) is 0 Å². The summed E-state index contributed by atoms with van der Waals surface area (Å²) in [5.74, 6) is -8.57. The van der Waals surface area contributed by atoms with Crippen molar-refractivity contribution in [2.24, 2.45) is 11.3 Å². The SMILES string of the molecule is COC(=O)C1(Cc2nn3cc([C@@H](NC(=O)OCc4ccccc4)C4CCC(F)(F)CC4)nc3cc2N(C)C)CC(F)(F)CNC1=O. The van der Waals surface area contributed by atoms with Crippen LogP contribution < -0.4 is 15.5 Å². The third-order valence-electron chi connectivity index (χ3n) is 8.59. The first kappa shape index (κ1) is 32.9. The Kier molecular flexibility index (Phi) is 9.14. The van der Waals surface area contributed by atoms with Crippen LogP contribution in [-0.4, -0.2) is 72.2 Å². The molecule has 0 bridgehead atoms. The van der Waals surface area contributed by atoms with E-state index in [1.165, 1.54) is 10.7 Å². The molecular formula is C31H36F4N6O5. The van der Waals surface area contributed by atoms with Gasteiger partial charge >= 0.3 is 12.1 Å². The zero-order valence-electron chi connectivity index (χ0n) is 25.7. The van der Waals surface area contributed by atoms with Crippen LogP contribution in [-0.2, 0) is 32.1 Å². The van der Waals surface area contributed by atoms with E-state index < -0.39 is 66.6 Å². The molecule has 2 atom stereocenters. The number of hydrogen-bond donors (Lipinski definition) is 2. The second-order valence-electron chi connectivity index (χ2n) is 12.2. The predicted molar refractivity (Wildman–Crippen MR) is 157 cm³/mol. The number of benzene rings is 1. The quantitative estimate of drug-likeness (QED) is 0.198. The largest absolute Gasteiger partial charge is 0.468 e. The molecule has 1 aliphatic carbocycles. The lowest BCUT2D eigenvalue weighted by molar-refractivity contribution is -0.172. The summed E-state index contributed by atoms with van der Waals surface area (Å²) in [6, 6.07) is 9.83. The number of esters is 1. The fraction of sp³-hybridized carbons (Fsp3) is 0.516. The lowest BCUT2D eigenvalue weighted by Crippen LogP contribution is -2.59. The Balaban J connectivity index is 1.49. The number of methoxy groups -OCH3 is 1. The van der Waals surface area contributed by atoms with Gasteiger partial charge < -0.3 is 25.0 Å². The van der Waals surface area contributed by atoms with E-state index in [0.29, 0.717) is 17.0 Å². The van der Waals surface area contributed by atoms with Gasteiger partial charge in [-0.25, -0.2) is 31.9 Å². The van der Waals surface area contributed by atoms with Crippen LogP contribution in [0.25, 0.3) is 5.65 Å². The van der Waals surface area contributed by atoms with Gasteiger partial charge in [-0.3, -0.25) is 9.59 Å². The highest BCUT2D eigenvalue weighted by Crippen LogP contribution is 2.43. The summed E-state index contributed by atoms with van der Waals surface area (Å²) in [5, 5.41) is 9.51. The van der Waals surface area contributed by atoms with Gasteiger partial charge in [-0.1, -0.05) is 30.3 Å². The number of alkyl carbamates (subject to hydrolysis) is 1. The number of imidazole rings is 1. The van der Waals surface area contributed by atoms with Crippen LogP contribution in [0.2, 0.25) is 0 Å². The standard InChI is InChI=1S/C31H36F4N6O5/c1-40(2)23-13-24-37-22(15-41(24)39-21(23)14-29(27(43)45-3)17-31(34,35)18-36-26(29)42)25(20-9-11-30(32,33)12-10-20)38-28(44)46-16-19-7-5-4-6-8-19/h4-8,13,15,20,25H,9-12,14,16-18H2,1-3H3,(H,36,42)(H,38,44)/t25-,29?/m0/s1. The van der Waals surface area contributed by atoms with Gasteiger partial charge in [-0.2, -0.15) is 5.10 Å². The number of hydrogen-bond acceptors (Lipinski definition) is 8. The van der Waals surface area contributed by atoms with Crippen molar-refractivity contribution in [3.05, 3.63) is 59.5 Å². The third kappa shape index (κ3) is 7.02. The minimum Gasteiger partial charge on any atom is -0.468 e. The van der Waals surface area contributed by atoms with E-state index in [1.807, 2.05) is 6.07 Å². The molecule has 3 heterocycles. The van der Waals surface area contributed by atoms with E-state index in [-0.39, 0.29) is 38.0 Å². The van der Waals surface area contributed by atoms with Gasteiger partial charge in [-0.05, 0) is 24.3 Å². The van der Waals surface area contributed by atoms with Crippen LogP contribution in [0.5, 0.6) is 0 Å². The summed E-state index contributed by atoms with van der Waals surface area (Å²) in [4.78, 5) is 45.1. The second kappa shape index (κ2) is 12.8. The van der Waals surface area contributed by atoms with E-state index >= 15 is 0 Å². The lowest BCUT2D eigenvalue weighted by atomic mass is 9.74. The van der Waals surface area contributed by atoms with Crippen LogP contribution >= 0.6 is 0 Å². The molecule has 2 aliphatic rings. The Morgan fingerprint density at radius 2 is 1.83 bits per heavy atom. The number of alkyl halides is 4. The molecule has 46 heavy (non-hydrogen) atoms. The molecule has 1 unspecified atom stereocenters. The molecule has 1 saturated heterocycles. The van der Waals surface area contributed by atoms with Gasteiger partial charge in [-0.15, -0.1) is 0 Å². The van der Waals surface area contributed by atoms with E-state index in [2.05, 4.69) is 20.7 Å². The average Bonchev–Trinajstić information content (AvgIpc) is 3.43. The number of carbonyl (C=O) groups excluding carboxylic acids is 3. The number of amides is 2. The predicted octanol–water partition coefficient (Wildman–Crippen LogP) is 4.45. The molecule has 248 valence electrons. The highest BCUT2D eigenvalue weighted by molar-refractivity contribution is 6.03. The van der Waals surface area contributed by atoms with Crippen molar-refractivity contribution in [2.45, 2.75) is 63.0 Å². The number of nitrogens with one attached hydrogen (secondary N) is 2. The molecule has 15 heteroatoms. The first-order chi connectivity index (χ1) is 21.7. The van der Waals surface area contributed by atoms with E-state index in [0.717, 1.165) is 12.7 Å². The summed E-state index contributed by atoms with van der Waals surface area (Å²) in [6.07, 6.45) is -1.26. The molecule has 0 radical (unpaired) electrons. The van der Waals surface area contributed by atoms with Crippen molar-refractivity contribution in [1.82, 2.24) is 25.2 Å². The zero-order valence-corrected chi connectivity index (χ0v) is 25.7. The van der Waals surface area contributed by atoms with Crippen molar-refractivity contribution >= 4 is 29.3 Å². The average molecular weight is 649 g/mol. The smallest absolute Gasteiger partial charge is 0.408 e. The Morgan fingerprint density at radius 3 is 2.48 bits per heavy atom. The highest BCUT2D eigenvalue weighted by Gasteiger charge is 2.57. The number of halogens is 4. The van der Waals surface area contributed by atoms with Gasteiger partial charge in [0.1, 0.15) is 6.61 Å². The van der Waals surface area contributed by atoms with Crippen LogP contribution in [0, 0.1) is 11.3 Å². The Labute approximate surface area is 262 Å². The normalized spacial score (nSPS) is 21.7. The molecule has 5 rings (SSSR count). The number of anilines is 1. The summed E-state index contributed by atoms with van der Waals surface area (Å²) < 4.78 is 68.9. The minimum atomic E-state index is -3.36. The van der Waals surface area contributed by atoms with Crippen LogP contribution in [0.1, 0.15) is 55.1 Å². The number of carbonyl (C=O) groups is 3. The first-order valence-corrected chi connectivity index (χ1v) is 14.9. The van der Waals surface area contributed by atoms with Gasteiger partial charge in [0.05, 0.1) is 43.0 Å². The third-order valence-corrected chi connectivity index (χ3v) is 8.59. The molecule has 1 aromatic carbocycles. The molecule has 11 nitrogen and oxygen atoms in total. The summed E-state index contributed by atoms with van der Waals surface area (Å²) in [6.45, 7) is -0.906. The molecule has 1 aliphatic heterocycles. The maximum absolute atomic E-state index is 14.6. The van der Waals surface area contributed by atoms with E-state index in [9.17, 15) is 31.9 Å². The number of nitrogens with zero attached hydrogens (tertiary/aromatic N) is 4. The highest BCUT2D eigenvalue weighted by atomic mass is 19.3. The lowest BCUT2D eigenvalue weighted by Gasteiger charge is -2.37. The molecular weight excluding hydrogens is 612 g/mol. The Bertz CT molecular complexity index is 1580. The fourth-order valence-electron chi connectivity index (χ4n) is 6.18. The van der Waals surface area contributed by atoms with Crippen molar-refractivity contribution in [2.75, 3.05) is 32.6 Å². The maximum atomic E-state index is 14.6. The summed E-state index contributed by atoms with van der Waals surface area (Å²) >= 11 is 0. The number of aromatic nitrogens is 3. The molecule has 3 aromatic rings. The van der Waals surface area contributed by atoms with Crippen LogP contribution in [0.4, 0.5) is 28.0 Å². The van der Waals surface area contributed by atoms with E-state index in [1.54, 1.807) is 49.3 Å². The van der Waals surface area contributed by atoms with Crippen molar-refractivity contribution in [3.8, 4) is 0 Å². The molecule has 2 fully saturated rings. The van der Waals surface area contributed by atoms with Crippen LogP contribution in [0.15, 0.2) is 42.6 Å². The van der Waals surface area contributed by atoms with Crippen LogP contribution in [0.3, 0.4) is 0 Å². The summed E-state index contributed by atoms with van der Waals surface area (Å²) in [7, 11) is 4.38. The van der Waals surface area contributed by atoms with Gasteiger partial charge in [0, 0.05) is 45.8 Å². The molecule has 2 N–H and O–H groups in total. The zero-order chi connectivity index (χ0) is 33.3. The van der Waals surface area contributed by atoms with Crippen molar-refractivity contribution in [3.63, 3.8) is 0 Å².